The molecule has 108 valence electrons. The lowest BCUT2D eigenvalue weighted by Gasteiger charge is -2.18. The normalized spacial score (nSPS) is 11.4. The Morgan fingerprint density at radius 3 is 2.70 bits per heavy atom. The number of carbonyl (C=O) groups excluding carboxylic acids is 1. The van der Waals surface area contributed by atoms with Crippen molar-refractivity contribution in [1.29, 1.82) is 0 Å². The highest BCUT2D eigenvalue weighted by Crippen LogP contribution is 2.24. The lowest BCUT2D eigenvalue weighted by atomic mass is 10.2. The smallest absolute Gasteiger partial charge is 0.428 e. The monoisotopic (exact) mass is 343 g/mol. The quantitative estimate of drug-likeness (QED) is 0.517. The molecule has 0 aliphatic carbocycles. The van der Waals surface area contributed by atoms with Crippen LogP contribution in [0.1, 0.15) is 26.3 Å². The second-order valence-electron chi connectivity index (χ2n) is 4.84. The molecule has 0 aliphatic rings. The predicted molar refractivity (Wildman–Crippen MR) is 77.8 cm³/mol. The van der Waals surface area contributed by atoms with Crippen molar-refractivity contribution >= 4 is 33.9 Å². The Morgan fingerprint density at radius 1 is 1.50 bits per heavy atom. The molecule has 0 saturated carbocycles. The molecule has 0 radical (unpaired) electrons. The second-order valence-corrected chi connectivity index (χ2v) is 5.69. The lowest BCUT2D eigenvalue weighted by molar-refractivity contribution is -0.385. The summed E-state index contributed by atoms with van der Waals surface area (Å²) in [6.45, 7) is 5.19. The van der Waals surface area contributed by atoms with Crippen LogP contribution >= 0.6 is 15.9 Å². The highest BCUT2D eigenvalue weighted by molar-refractivity contribution is 9.10. The molecule has 0 aromatic heterocycles. The summed E-state index contributed by atoms with van der Waals surface area (Å²) in [6, 6.07) is 4.49. The third kappa shape index (κ3) is 5.35. The van der Waals surface area contributed by atoms with Gasteiger partial charge in [-0.25, -0.2) is 10.2 Å². The summed E-state index contributed by atoms with van der Waals surface area (Å²) in [5, 5.41) is 14.4. The summed E-state index contributed by atoms with van der Waals surface area (Å²) in [5.41, 5.74) is 1.97. The maximum Gasteiger partial charge on any atom is 0.428 e. The molecular formula is C12H14BrN3O4. The van der Waals surface area contributed by atoms with Crippen LogP contribution in [0.5, 0.6) is 0 Å². The lowest BCUT2D eigenvalue weighted by Crippen LogP contribution is -2.29. The van der Waals surface area contributed by atoms with E-state index in [-0.39, 0.29) is 5.69 Å². The van der Waals surface area contributed by atoms with Crippen molar-refractivity contribution in [2.24, 2.45) is 5.10 Å². The standard InChI is InChI=1S/C12H14BrN3O4/c1-12(2,3)20-11(17)15-14-7-8-4-5-9(13)10(6-8)16(18)19/h4-7H,1-3H3,(H,15,17)/b14-7-. The van der Waals surface area contributed by atoms with E-state index in [1.807, 2.05) is 0 Å². The van der Waals surface area contributed by atoms with Crippen molar-refractivity contribution in [3.8, 4) is 0 Å². The van der Waals surface area contributed by atoms with Gasteiger partial charge >= 0.3 is 6.09 Å². The van der Waals surface area contributed by atoms with Gasteiger partial charge in [-0.2, -0.15) is 5.10 Å². The van der Waals surface area contributed by atoms with Crippen LogP contribution in [-0.2, 0) is 4.74 Å². The maximum atomic E-state index is 11.3. The van der Waals surface area contributed by atoms with Crippen molar-refractivity contribution in [2.75, 3.05) is 0 Å². The fourth-order valence-corrected chi connectivity index (χ4v) is 1.60. The SMILES string of the molecule is CC(C)(C)OC(=O)N/N=C\c1ccc(Br)c([N+](=O)[O-])c1. The average Bonchev–Trinajstić information content (AvgIpc) is 2.28. The number of nitro groups is 1. The van der Waals surface area contributed by atoms with Gasteiger partial charge in [0, 0.05) is 11.6 Å². The van der Waals surface area contributed by atoms with Crippen LogP contribution in [-0.4, -0.2) is 22.8 Å². The van der Waals surface area contributed by atoms with Crippen molar-refractivity contribution in [1.82, 2.24) is 5.43 Å². The minimum absolute atomic E-state index is 0.0776. The molecule has 8 heteroatoms. The molecule has 0 saturated heterocycles. The molecule has 20 heavy (non-hydrogen) atoms. The number of hydrazone groups is 1. The number of rotatable bonds is 3. The number of ether oxygens (including phenoxy) is 1. The van der Waals surface area contributed by atoms with Crippen molar-refractivity contribution in [2.45, 2.75) is 26.4 Å². The first kappa shape index (κ1) is 16.1. The van der Waals surface area contributed by atoms with Crippen LogP contribution in [0.2, 0.25) is 0 Å². The molecule has 0 heterocycles. The fraction of sp³-hybridized carbons (Fsp3) is 0.333. The summed E-state index contributed by atoms with van der Waals surface area (Å²) < 4.78 is 5.35. The molecule has 0 unspecified atom stereocenters. The third-order valence-electron chi connectivity index (χ3n) is 1.94. The van der Waals surface area contributed by atoms with E-state index in [1.165, 1.54) is 18.3 Å². The Balaban J connectivity index is 2.70. The van der Waals surface area contributed by atoms with Gasteiger partial charge in [-0.3, -0.25) is 10.1 Å². The Labute approximate surface area is 124 Å². The summed E-state index contributed by atoms with van der Waals surface area (Å²) in [5.74, 6) is 0. The number of amides is 1. The van der Waals surface area contributed by atoms with Crippen LogP contribution in [0.3, 0.4) is 0 Å². The van der Waals surface area contributed by atoms with Gasteiger partial charge in [-0.1, -0.05) is 6.07 Å². The van der Waals surface area contributed by atoms with Gasteiger partial charge in [0.15, 0.2) is 0 Å². The van der Waals surface area contributed by atoms with Crippen LogP contribution in [0.25, 0.3) is 0 Å². The van der Waals surface area contributed by atoms with Gasteiger partial charge < -0.3 is 4.74 Å². The van der Waals surface area contributed by atoms with Gasteiger partial charge in [0.05, 0.1) is 15.6 Å². The van der Waals surface area contributed by atoms with Crippen LogP contribution in [0, 0.1) is 10.1 Å². The maximum absolute atomic E-state index is 11.3. The van der Waals surface area contributed by atoms with Crippen LogP contribution < -0.4 is 5.43 Å². The molecule has 1 aromatic rings. The van der Waals surface area contributed by atoms with Crippen LogP contribution in [0.4, 0.5) is 10.5 Å². The van der Waals surface area contributed by atoms with E-state index < -0.39 is 16.6 Å². The fourth-order valence-electron chi connectivity index (χ4n) is 1.21. The predicted octanol–water partition coefficient (Wildman–Crippen LogP) is 3.22. The van der Waals surface area contributed by atoms with E-state index in [4.69, 9.17) is 4.74 Å². The van der Waals surface area contributed by atoms with Gasteiger partial charge in [0.1, 0.15) is 5.60 Å². The second kappa shape index (κ2) is 6.47. The molecule has 7 nitrogen and oxygen atoms in total. The van der Waals surface area contributed by atoms with Crippen molar-refractivity contribution in [3.63, 3.8) is 0 Å². The summed E-state index contributed by atoms with van der Waals surface area (Å²) >= 11 is 3.08. The molecule has 0 bridgehead atoms. The number of hydrogen-bond acceptors (Lipinski definition) is 5. The number of nitrogens with zero attached hydrogens (tertiary/aromatic N) is 2. The number of benzene rings is 1. The number of carbonyl (C=O) groups is 1. The number of nitro benzene ring substituents is 1. The molecular weight excluding hydrogens is 330 g/mol. The molecule has 1 amide bonds. The third-order valence-corrected chi connectivity index (χ3v) is 2.61. The highest BCUT2D eigenvalue weighted by atomic mass is 79.9. The average molecular weight is 344 g/mol. The number of hydrogen-bond donors (Lipinski definition) is 1. The summed E-state index contributed by atoms with van der Waals surface area (Å²) in [4.78, 5) is 21.6. The van der Waals surface area contributed by atoms with E-state index in [2.05, 4.69) is 26.5 Å². The molecule has 0 fully saturated rings. The van der Waals surface area contributed by atoms with E-state index in [9.17, 15) is 14.9 Å². The van der Waals surface area contributed by atoms with E-state index >= 15 is 0 Å². The van der Waals surface area contributed by atoms with E-state index in [0.717, 1.165) is 0 Å². The van der Waals surface area contributed by atoms with Gasteiger partial charge in [-0.05, 0) is 42.8 Å². The highest BCUT2D eigenvalue weighted by Gasteiger charge is 2.15. The minimum Gasteiger partial charge on any atom is -0.443 e. The number of nitrogens with one attached hydrogen (secondary N) is 1. The molecule has 1 aromatic carbocycles. The largest absolute Gasteiger partial charge is 0.443 e. The first-order chi connectivity index (χ1) is 9.19. The van der Waals surface area contributed by atoms with Crippen LogP contribution in [0.15, 0.2) is 27.8 Å². The first-order valence-corrected chi connectivity index (χ1v) is 6.44. The molecule has 1 rings (SSSR count). The Bertz CT molecular complexity index is 552. The minimum atomic E-state index is -0.694. The number of halogens is 1. The van der Waals surface area contributed by atoms with E-state index in [1.54, 1.807) is 26.8 Å². The van der Waals surface area contributed by atoms with Crippen molar-refractivity contribution in [3.05, 3.63) is 38.3 Å². The Kier molecular flexibility index (Phi) is 5.20. The molecule has 1 N–H and O–H groups in total. The topological polar surface area (TPSA) is 93.8 Å². The van der Waals surface area contributed by atoms with Gasteiger partial charge in [0.2, 0.25) is 0 Å². The molecule has 0 spiro atoms. The van der Waals surface area contributed by atoms with Gasteiger partial charge in [0.25, 0.3) is 5.69 Å². The Morgan fingerprint density at radius 2 is 2.15 bits per heavy atom. The molecule has 0 atom stereocenters. The molecule has 0 aliphatic heterocycles. The summed E-state index contributed by atoms with van der Waals surface area (Å²) in [7, 11) is 0. The Hall–Kier alpha value is -1.96. The zero-order chi connectivity index (χ0) is 15.3. The van der Waals surface area contributed by atoms with Gasteiger partial charge in [-0.15, -0.1) is 0 Å². The van der Waals surface area contributed by atoms with E-state index in [0.29, 0.717) is 10.0 Å². The zero-order valence-corrected chi connectivity index (χ0v) is 12.8. The first-order valence-electron chi connectivity index (χ1n) is 5.65. The summed E-state index contributed by atoms with van der Waals surface area (Å²) in [6.07, 6.45) is 0.601. The van der Waals surface area contributed by atoms with Crippen molar-refractivity contribution < 1.29 is 14.5 Å². The zero-order valence-electron chi connectivity index (χ0n) is 11.2.